The smallest absolute Gasteiger partial charge is 0.161 e. The minimum atomic E-state index is -0.554. The maximum atomic E-state index is 10.6. The average Bonchev–Trinajstić information content (AvgIpc) is 2.71. The van der Waals surface area contributed by atoms with Gasteiger partial charge in [0.25, 0.3) is 0 Å². The van der Waals surface area contributed by atoms with Crippen LogP contribution >= 0.6 is 0 Å². The highest BCUT2D eigenvalue weighted by Gasteiger charge is 2.31. The van der Waals surface area contributed by atoms with Gasteiger partial charge in [-0.15, -0.1) is 0 Å². The van der Waals surface area contributed by atoms with Crippen molar-refractivity contribution >= 4 is 0 Å². The van der Waals surface area contributed by atoms with Gasteiger partial charge in [-0.2, -0.15) is 0 Å². The maximum absolute atomic E-state index is 10.6. The number of hydrogen-bond donors (Lipinski definition) is 1. The van der Waals surface area contributed by atoms with Crippen molar-refractivity contribution in [2.75, 3.05) is 33.9 Å². The van der Waals surface area contributed by atoms with Crippen LogP contribution in [0.15, 0.2) is 42.5 Å². The second-order valence-electron chi connectivity index (χ2n) is 8.54. The van der Waals surface area contributed by atoms with Gasteiger partial charge in [0.1, 0.15) is 0 Å². The maximum Gasteiger partial charge on any atom is 0.161 e. The molecule has 0 spiro atoms. The van der Waals surface area contributed by atoms with E-state index >= 15 is 0 Å². The Morgan fingerprint density at radius 2 is 1.72 bits per heavy atom. The molecule has 2 atom stereocenters. The number of benzene rings is 2. The predicted molar refractivity (Wildman–Crippen MR) is 115 cm³/mol. The highest BCUT2D eigenvalue weighted by atomic mass is 16.5. The molecule has 0 unspecified atom stereocenters. The fourth-order valence-corrected chi connectivity index (χ4v) is 3.89. The molecule has 3 rings (SSSR count). The van der Waals surface area contributed by atoms with E-state index in [2.05, 4.69) is 41.3 Å². The Labute approximate surface area is 174 Å². The number of nitrogens with zero attached hydrogens (tertiary/aromatic N) is 1. The van der Waals surface area contributed by atoms with Crippen molar-refractivity contribution in [2.45, 2.75) is 44.9 Å². The molecular formula is C24H33NO4. The molecule has 1 N–H and O–H groups in total. The second kappa shape index (κ2) is 9.16. The van der Waals surface area contributed by atoms with Gasteiger partial charge in [-0.05, 0) is 56.0 Å². The van der Waals surface area contributed by atoms with Gasteiger partial charge in [-0.3, -0.25) is 4.90 Å². The number of aliphatic hydroxyl groups excluding tert-OH is 1. The number of fused-ring (bicyclic) bond motifs is 1. The van der Waals surface area contributed by atoms with Crippen LogP contribution in [0.2, 0.25) is 0 Å². The van der Waals surface area contributed by atoms with Gasteiger partial charge >= 0.3 is 0 Å². The lowest BCUT2D eigenvalue weighted by Gasteiger charge is -2.39. The van der Waals surface area contributed by atoms with Crippen molar-refractivity contribution in [1.29, 1.82) is 0 Å². The summed E-state index contributed by atoms with van der Waals surface area (Å²) in [5, 5.41) is 10.6. The molecular weight excluding hydrogens is 366 g/mol. The average molecular weight is 400 g/mol. The third-order valence-corrected chi connectivity index (χ3v) is 5.24. The van der Waals surface area contributed by atoms with E-state index in [0.717, 1.165) is 24.5 Å². The lowest BCUT2D eigenvalue weighted by molar-refractivity contribution is -0.0584. The van der Waals surface area contributed by atoms with Crippen LogP contribution < -0.4 is 9.47 Å². The molecule has 0 fully saturated rings. The van der Waals surface area contributed by atoms with Crippen LogP contribution in [0.3, 0.4) is 0 Å². The van der Waals surface area contributed by atoms with Gasteiger partial charge in [-0.1, -0.05) is 30.3 Å². The molecule has 5 nitrogen and oxygen atoms in total. The fourth-order valence-electron chi connectivity index (χ4n) is 3.89. The Hall–Kier alpha value is -2.08. The SMILES string of the molecule is COc1cc2c(cc1OC)[C@H](c1ccccc1)N(C[C@@H](O)COC(C)(C)C)CC2. The zero-order valence-corrected chi connectivity index (χ0v) is 18.1. The van der Waals surface area contributed by atoms with E-state index in [-0.39, 0.29) is 11.6 Å². The predicted octanol–water partition coefficient (Wildman–Crippen LogP) is 3.83. The molecule has 0 bridgehead atoms. The standard InChI is InChI=1S/C24H33NO4/c1-24(2,3)29-16-19(26)15-25-12-11-18-13-21(27-4)22(28-5)14-20(18)23(25)17-9-7-6-8-10-17/h6-10,13-14,19,23,26H,11-12,15-16H2,1-5H3/t19-,23+/m1/s1. The van der Waals surface area contributed by atoms with Crippen LogP contribution in [-0.4, -0.2) is 55.6 Å². The summed E-state index contributed by atoms with van der Waals surface area (Å²) in [6, 6.07) is 14.6. The summed E-state index contributed by atoms with van der Waals surface area (Å²) in [5.74, 6) is 1.48. The zero-order chi connectivity index (χ0) is 21.0. The van der Waals surface area contributed by atoms with E-state index < -0.39 is 6.10 Å². The highest BCUT2D eigenvalue weighted by Crippen LogP contribution is 2.41. The Kier molecular flexibility index (Phi) is 6.83. The van der Waals surface area contributed by atoms with E-state index in [1.165, 1.54) is 16.7 Å². The van der Waals surface area contributed by atoms with Gasteiger partial charge in [0, 0.05) is 13.1 Å². The second-order valence-corrected chi connectivity index (χ2v) is 8.54. The van der Waals surface area contributed by atoms with Crippen LogP contribution in [0, 0.1) is 0 Å². The van der Waals surface area contributed by atoms with Crippen LogP contribution in [0.1, 0.15) is 43.5 Å². The first-order valence-corrected chi connectivity index (χ1v) is 10.2. The van der Waals surface area contributed by atoms with E-state index in [1.807, 2.05) is 26.8 Å². The monoisotopic (exact) mass is 399 g/mol. The summed E-state index contributed by atoms with van der Waals surface area (Å²) in [6.45, 7) is 7.73. The molecule has 158 valence electrons. The molecule has 1 aliphatic heterocycles. The number of β-amino-alcohol motifs (C(OH)–C–C–N with tert-alkyl or cyclic N) is 1. The number of ether oxygens (including phenoxy) is 3. The largest absolute Gasteiger partial charge is 0.493 e. The molecule has 29 heavy (non-hydrogen) atoms. The van der Waals surface area contributed by atoms with Crippen LogP contribution in [0.5, 0.6) is 11.5 Å². The number of rotatable bonds is 7. The lowest BCUT2D eigenvalue weighted by atomic mass is 9.87. The van der Waals surface area contributed by atoms with Crippen LogP contribution in [0.4, 0.5) is 0 Å². The van der Waals surface area contributed by atoms with Crippen LogP contribution in [0.25, 0.3) is 0 Å². The summed E-state index contributed by atoms with van der Waals surface area (Å²) >= 11 is 0. The van der Waals surface area contributed by atoms with Crippen molar-refractivity contribution in [3.05, 3.63) is 59.2 Å². The van der Waals surface area contributed by atoms with Gasteiger partial charge in [0.15, 0.2) is 11.5 Å². The molecule has 5 heteroatoms. The molecule has 0 saturated carbocycles. The van der Waals surface area contributed by atoms with E-state index in [4.69, 9.17) is 14.2 Å². The third-order valence-electron chi connectivity index (χ3n) is 5.24. The van der Waals surface area contributed by atoms with Crippen molar-refractivity contribution in [2.24, 2.45) is 0 Å². The summed E-state index contributed by atoms with van der Waals surface area (Å²) in [7, 11) is 3.33. The number of aliphatic hydroxyl groups is 1. The zero-order valence-electron chi connectivity index (χ0n) is 18.1. The van der Waals surface area contributed by atoms with Gasteiger partial charge in [0.2, 0.25) is 0 Å². The Bertz CT molecular complexity index is 801. The van der Waals surface area contributed by atoms with Crippen molar-refractivity contribution in [1.82, 2.24) is 4.90 Å². The van der Waals surface area contributed by atoms with Gasteiger partial charge in [-0.25, -0.2) is 0 Å². The molecule has 0 amide bonds. The summed E-state index contributed by atoms with van der Waals surface area (Å²) in [4.78, 5) is 2.33. The normalized spacial score (nSPS) is 18.2. The first kappa shape index (κ1) is 21.6. The first-order chi connectivity index (χ1) is 13.8. The molecule has 2 aromatic carbocycles. The molecule has 0 aliphatic carbocycles. The van der Waals surface area contributed by atoms with E-state index in [0.29, 0.717) is 13.2 Å². The summed E-state index contributed by atoms with van der Waals surface area (Å²) in [5.41, 5.74) is 3.39. The molecule has 1 aliphatic rings. The highest BCUT2D eigenvalue weighted by molar-refractivity contribution is 5.51. The third kappa shape index (κ3) is 5.30. The molecule has 0 aromatic heterocycles. The minimum absolute atomic E-state index is 0.0454. The molecule has 0 radical (unpaired) electrons. The lowest BCUT2D eigenvalue weighted by Crippen LogP contribution is -2.42. The van der Waals surface area contributed by atoms with Crippen molar-refractivity contribution in [3.8, 4) is 11.5 Å². The topological polar surface area (TPSA) is 51.2 Å². The summed E-state index contributed by atoms with van der Waals surface area (Å²) in [6.07, 6.45) is 0.341. The van der Waals surface area contributed by atoms with E-state index in [9.17, 15) is 5.11 Å². The Morgan fingerprint density at radius 1 is 1.07 bits per heavy atom. The quantitative estimate of drug-likeness (QED) is 0.767. The number of methoxy groups -OCH3 is 2. The fraction of sp³-hybridized carbons (Fsp3) is 0.500. The first-order valence-electron chi connectivity index (χ1n) is 10.2. The Balaban J connectivity index is 1.92. The van der Waals surface area contributed by atoms with Gasteiger partial charge in [0.05, 0.1) is 38.6 Å². The minimum Gasteiger partial charge on any atom is -0.493 e. The molecule has 1 heterocycles. The van der Waals surface area contributed by atoms with Gasteiger partial charge < -0.3 is 19.3 Å². The molecule has 2 aromatic rings. The van der Waals surface area contributed by atoms with Crippen LogP contribution in [-0.2, 0) is 11.2 Å². The Morgan fingerprint density at radius 3 is 2.34 bits per heavy atom. The van der Waals surface area contributed by atoms with Crippen molar-refractivity contribution < 1.29 is 19.3 Å². The van der Waals surface area contributed by atoms with Crippen molar-refractivity contribution in [3.63, 3.8) is 0 Å². The summed E-state index contributed by atoms with van der Waals surface area (Å²) < 4.78 is 16.9. The molecule has 0 saturated heterocycles. The number of hydrogen-bond acceptors (Lipinski definition) is 5. The van der Waals surface area contributed by atoms with E-state index in [1.54, 1.807) is 14.2 Å².